The fourth-order valence-electron chi connectivity index (χ4n) is 6.94. The third kappa shape index (κ3) is 5.92. The van der Waals surface area contributed by atoms with Crippen molar-refractivity contribution in [2.24, 2.45) is 11.8 Å². The van der Waals surface area contributed by atoms with Crippen LogP contribution in [0.4, 0.5) is 13.2 Å². The predicted molar refractivity (Wildman–Crippen MR) is 138 cm³/mol. The van der Waals surface area contributed by atoms with E-state index in [1.165, 1.54) is 6.07 Å². The second kappa shape index (κ2) is 10.8. The third-order valence-corrected chi connectivity index (χ3v) is 8.94. The normalized spacial score (nSPS) is 28.8. The highest BCUT2D eigenvalue weighted by molar-refractivity contribution is 5.89. The molecule has 3 fully saturated rings. The van der Waals surface area contributed by atoms with E-state index in [1.54, 1.807) is 12.1 Å². The molecule has 202 valence electrons. The van der Waals surface area contributed by atoms with Gasteiger partial charge in [-0.05, 0) is 99.1 Å². The van der Waals surface area contributed by atoms with Gasteiger partial charge in [0, 0.05) is 12.1 Å². The third-order valence-electron chi connectivity index (χ3n) is 8.94. The number of alkyl halides is 3. The molecule has 37 heavy (non-hydrogen) atoms. The van der Waals surface area contributed by atoms with Gasteiger partial charge in [0.15, 0.2) is 0 Å². The average Bonchev–Trinajstić information content (AvgIpc) is 2.84. The Labute approximate surface area is 217 Å². The maximum absolute atomic E-state index is 14.2. The van der Waals surface area contributed by atoms with Crippen LogP contribution in [-0.2, 0) is 17.4 Å². The zero-order valence-electron chi connectivity index (χ0n) is 21.6. The zero-order chi connectivity index (χ0) is 26.2. The number of fused-ring (bicyclic) bond motifs is 3. The molecule has 0 radical (unpaired) electrons. The number of carboxylic acid groups (broad SMARTS) is 1. The summed E-state index contributed by atoms with van der Waals surface area (Å²) in [7, 11) is 0. The fourth-order valence-corrected chi connectivity index (χ4v) is 6.94. The molecule has 2 aromatic rings. The fraction of sp³-hybridized carbons (Fsp3) is 0.633. The first kappa shape index (κ1) is 26.3. The van der Waals surface area contributed by atoms with E-state index in [2.05, 4.69) is 11.8 Å². The van der Waals surface area contributed by atoms with Crippen LogP contribution in [0.2, 0.25) is 0 Å². The zero-order valence-corrected chi connectivity index (χ0v) is 21.6. The second-order valence-corrected chi connectivity index (χ2v) is 11.6. The highest BCUT2D eigenvalue weighted by atomic mass is 19.4. The molecule has 1 saturated carbocycles. The van der Waals surface area contributed by atoms with Crippen molar-refractivity contribution >= 4 is 16.7 Å². The van der Waals surface area contributed by atoms with E-state index >= 15 is 0 Å². The van der Waals surface area contributed by atoms with Crippen LogP contribution in [0.1, 0.15) is 82.3 Å². The van der Waals surface area contributed by atoms with Crippen molar-refractivity contribution in [3.8, 4) is 5.75 Å². The molecule has 5 rings (SSSR count). The lowest BCUT2D eigenvalue weighted by molar-refractivity contribution is -0.146. The number of carbonyl (C=O) groups is 1. The molecule has 1 N–H and O–H groups in total. The maximum Gasteiger partial charge on any atom is 0.420 e. The minimum atomic E-state index is -4.49. The number of carboxylic acids is 1. The van der Waals surface area contributed by atoms with E-state index in [0.29, 0.717) is 23.4 Å². The molecule has 1 aliphatic carbocycles. The minimum absolute atomic E-state index is 0.0522. The topological polar surface area (TPSA) is 49.8 Å². The first-order valence-electron chi connectivity index (χ1n) is 14.0. The lowest BCUT2D eigenvalue weighted by Gasteiger charge is -2.48. The van der Waals surface area contributed by atoms with E-state index in [1.807, 2.05) is 12.1 Å². The molecule has 2 saturated heterocycles. The molecule has 2 aliphatic heterocycles. The molecule has 0 aromatic heterocycles. The molecule has 0 spiro atoms. The molecule has 3 aliphatic rings. The second-order valence-electron chi connectivity index (χ2n) is 11.6. The van der Waals surface area contributed by atoms with Crippen molar-refractivity contribution in [3.05, 3.63) is 41.5 Å². The Balaban J connectivity index is 1.27. The molecule has 2 aromatic carbocycles. The van der Waals surface area contributed by atoms with Crippen molar-refractivity contribution in [1.29, 1.82) is 0 Å². The van der Waals surface area contributed by atoms with Crippen LogP contribution in [0.5, 0.6) is 5.75 Å². The molecule has 2 unspecified atom stereocenters. The number of hydrogen-bond donors (Lipinski definition) is 1. The number of benzene rings is 2. The highest BCUT2D eigenvalue weighted by Gasteiger charge is 2.40. The molecule has 2 heterocycles. The highest BCUT2D eigenvalue weighted by Crippen LogP contribution is 2.43. The van der Waals surface area contributed by atoms with Gasteiger partial charge in [-0.1, -0.05) is 37.6 Å². The summed E-state index contributed by atoms with van der Waals surface area (Å²) in [5.74, 6) is -0.352. The lowest BCUT2D eigenvalue weighted by Crippen LogP contribution is -2.53. The van der Waals surface area contributed by atoms with Crippen molar-refractivity contribution in [2.75, 3.05) is 6.54 Å². The predicted octanol–water partition coefficient (Wildman–Crippen LogP) is 7.47. The van der Waals surface area contributed by atoms with Gasteiger partial charge in [0.1, 0.15) is 11.3 Å². The number of aliphatic carboxylic acids is 1. The molecule has 2 bridgehead atoms. The van der Waals surface area contributed by atoms with Gasteiger partial charge in [0.05, 0.1) is 12.0 Å². The Morgan fingerprint density at radius 3 is 2.38 bits per heavy atom. The Hall–Kier alpha value is -2.28. The number of rotatable bonds is 7. The standard InChI is InChI=1S/C30H38F3NO3/c1-19-7-11-25(12-8-19)37-27-14-10-21-16-20(9-13-26(21)28(27)30(31,32)33)4-3-15-34-23-5-2-6-24(34)18-22(17-23)29(35)36/h9-10,13-14,16,19,22-25H,2-8,11-12,15,17-18H2,1H3,(H,35,36). The summed E-state index contributed by atoms with van der Waals surface area (Å²) in [4.78, 5) is 14.0. The van der Waals surface area contributed by atoms with E-state index in [4.69, 9.17) is 4.74 Å². The number of aryl methyl sites for hydroxylation is 1. The van der Waals surface area contributed by atoms with Gasteiger partial charge in [-0.2, -0.15) is 13.2 Å². The van der Waals surface area contributed by atoms with Crippen molar-refractivity contribution < 1.29 is 27.8 Å². The van der Waals surface area contributed by atoms with Crippen LogP contribution < -0.4 is 4.74 Å². The summed E-state index contributed by atoms with van der Waals surface area (Å²) in [6.45, 7) is 3.08. The van der Waals surface area contributed by atoms with Crippen LogP contribution in [0.3, 0.4) is 0 Å². The summed E-state index contributed by atoms with van der Waals surface area (Å²) in [6, 6.07) is 9.25. The number of piperidine rings is 2. The minimum Gasteiger partial charge on any atom is -0.490 e. The maximum atomic E-state index is 14.2. The Kier molecular flexibility index (Phi) is 7.71. The number of hydrogen-bond acceptors (Lipinski definition) is 3. The van der Waals surface area contributed by atoms with Crippen LogP contribution >= 0.6 is 0 Å². The number of ether oxygens (including phenoxy) is 1. The van der Waals surface area contributed by atoms with Gasteiger partial charge in [-0.25, -0.2) is 0 Å². The van der Waals surface area contributed by atoms with Gasteiger partial charge in [0.25, 0.3) is 0 Å². The van der Waals surface area contributed by atoms with E-state index in [9.17, 15) is 23.1 Å². The van der Waals surface area contributed by atoms with Crippen molar-refractivity contribution in [2.45, 2.75) is 102 Å². The molecule has 7 heteroatoms. The SMILES string of the molecule is CC1CCC(Oc2ccc3cc(CCCN4C5CCCC4CC(C(=O)O)C5)ccc3c2C(F)(F)F)CC1. The summed E-state index contributed by atoms with van der Waals surface area (Å²) in [5.41, 5.74) is 0.366. The Morgan fingerprint density at radius 1 is 1.03 bits per heavy atom. The average molecular weight is 518 g/mol. The van der Waals surface area contributed by atoms with Gasteiger partial charge in [-0.3, -0.25) is 9.69 Å². The first-order chi connectivity index (χ1) is 17.7. The first-order valence-corrected chi connectivity index (χ1v) is 14.0. The number of halogens is 3. The number of nitrogens with zero attached hydrogens (tertiary/aromatic N) is 1. The van der Waals surface area contributed by atoms with E-state index in [-0.39, 0.29) is 23.2 Å². The van der Waals surface area contributed by atoms with E-state index in [0.717, 1.165) is 82.7 Å². The van der Waals surface area contributed by atoms with E-state index < -0.39 is 17.7 Å². The molecule has 2 atom stereocenters. The summed E-state index contributed by atoms with van der Waals surface area (Å²) < 4.78 is 48.4. The Bertz CT molecular complexity index is 1100. The Morgan fingerprint density at radius 2 is 1.73 bits per heavy atom. The molecule has 0 amide bonds. The molecular weight excluding hydrogens is 479 g/mol. The van der Waals surface area contributed by atoms with Crippen molar-refractivity contribution in [1.82, 2.24) is 4.90 Å². The lowest BCUT2D eigenvalue weighted by atomic mass is 9.78. The monoisotopic (exact) mass is 517 g/mol. The quantitative estimate of drug-likeness (QED) is 0.414. The van der Waals surface area contributed by atoms with Gasteiger partial charge in [-0.15, -0.1) is 0 Å². The molecule has 4 nitrogen and oxygen atoms in total. The molecular formula is C30H38F3NO3. The van der Waals surface area contributed by atoms with Crippen LogP contribution in [0.15, 0.2) is 30.3 Å². The van der Waals surface area contributed by atoms with Crippen molar-refractivity contribution in [3.63, 3.8) is 0 Å². The van der Waals surface area contributed by atoms with Crippen LogP contribution in [0.25, 0.3) is 10.8 Å². The summed E-state index contributed by atoms with van der Waals surface area (Å²) in [6.07, 6.45) is 5.35. The summed E-state index contributed by atoms with van der Waals surface area (Å²) in [5, 5.41) is 10.3. The van der Waals surface area contributed by atoms with Gasteiger partial charge < -0.3 is 9.84 Å². The smallest absolute Gasteiger partial charge is 0.420 e. The van der Waals surface area contributed by atoms with Crippen LogP contribution in [-0.4, -0.2) is 40.7 Å². The largest absolute Gasteiger partial charge is 0.490 e. The van der Waals surface area contributed by atoms with Gasteiger partial charge >= 0.3 is 12.1 Å². The van der Waals surface area contributed by atoms with Gasteiger partial charge in [0.2, 0.25) is 0 Å². The summed E-state index contributed by atoms with van der Waals surface area (Å²) >= 11 is 0. The van der Waals surface area contributed by atoms with Crippen LogP contribution in [0, 0.1) is 11.8 Å².